The molecule has 0 N–H and O–H groups in total. The van der Waals surface area contributed by atoms with Crippen molar-refractivity contribution in [2.75, 3.05) is 0 Å². The molecule has 0 amide bonds. The van der Waals surface area contributed by atoms with Crippen molar-refractivity contribution in [3.63, 3.8) is 0 Å². The molecule has 0 unspecified atom stereocenters. The van der Waals surface area contributed by atoms with Crippen molar-refractivity contribution < 1.29 is 9.53 Å². The Balaban J connectivity index is 1.73. The van der Waals surface area contributed by atoms with Crippen molar-refractivity contribution in [2.45, 2.75) is 13.3 Å². The molecule has 0 atom stereocenters. The van der Waals surface area contributed by atoms with Crippen LogP contribution in [0.1, 0.15) is 23.6 Å². The summed E-state index contributed by atoms with van der Waals surface area (Å²) >= 11 is 0. The van der Waals surface area contributed by atoms with Crippen LogP contribution in [-0.4, -0.2) is 5.97 Å². The third-order valence-electron chi connectivity index (χ3n) is 4.51. The van der Waals surface area contributed by atoms with Crippen LogP contribution in [0.3, 0.4) is 0 Å². The van der Waals surface area contributed by atoms with E-state index in [2.05, 4.69) is 37.3 Å². The Hall–Kier alpha value is -3.13. The maximum absolute atomic E-state index is 12.3. The fourth-order valence-electron chi connectivity index (χ4n) is 3.08. The number of hydrogen-bond acceptors (Lipinski definition) is 2. The first-order valence-corrected chi connectivity index (χ1v) is 8.47. The first-order chi connectivity index (χ1) is 12.2. The lowest BCUT2D eigenvalue weighted by molar-refractivity contribution is -0.130. The number of carbonyl (C=O) groups is 1. The smallest absolute Gasteiger partial charge is 0.343 e. The van der Waals surface area contributed by atoms with Crippen molar-refractivity contribution in [3.8, 4) is 0 Å². The molecule has 0 radical (unpaired) electrons. The molecule has 0 fully saturated rings. The van der Waals surface area contributed by atoms with Crippen molar-refractivity contribution in [2.24, 2.45) is 0 Å². The van der Waals surface area contributed by atoms with Gasteiger partial charge in [0, 0.05) is 5.56 Å². The van der Waals surface area contributed by atoms with E-state index in [1.165, 1.54) is 5.56 Å². The zero-order chi connectivity index (χ0) is 17.2. The van der Waals surface area contributed by atoms with Gasteiger partial charge in [-0.25, -0.2) is 4.79 Å². The molecule has 3 aromatic rings. The molecular formula is C23H18O2. The highest BCUT2D eigenvalue weighted by atomic mass is 16.5. The third-order valence-corrected chi connectivity index (χ3v) is 4.51. The SMILES string of the molecule is CCc1ccc(C2=C/C(=C\c3cccc4ccccc34)C(=O)O2)cc1. The zero-order valence-corrected chi connectivity index (χ0v) is 14.0. The average Bonchev–Trinajstić information content (AvgIpc) is 3.03. The normalized spacial score (nSPS) is 15.5. The zero-order valence-electron chi connectivity index (χ0n) is 14.0. The van der Waals surface area contributed by atoms with Crippen molar-refractivity contribution in [1.29, 1.82) is 0 Å². The number of benzene rings is 3. The lowest BCUT2D eigenvalue weighted by atomic mass is 10.0. The second kappa shape index (κ2) is 6.40. The minimum atomic E-state index is -0.303. The van der Waals surface area contributed by atoms with Gasteiger partial charge < -0.3 is 4.74 Å². The average molecular weight is 326 g/mol. The summed E-state index contributed by atoms with van der Waals surface area (Å²) in [5, 5.41) is 2.28. The third kappa shape index (κ3) is 2.99. The van der Waals surface area contributed by atoms with Gasteiger partial charge in [0.25, 0.3) is 0 Å². The molecule has 0 saturated heterocycles. The molecule has 0 saturated carbocycles. The van der Waals surface area contributed by atoms with Crippen molar-refractivity contribution >= 4 is 28.6 Å². The molecule has 2 heteroatoms. The highest BCUT2D eigenvalue weighted by Crippen LogP contribution is 2.29. The van der Waals surface area contributed by atoms with Gasteiger partial charge in [-0.3, -0.25) is 0 Å². The molecule has 0 spiro atoms. The highest BCUT2D eigenvalue weighted by molar-refractivity contribution is 6.06. The molecule has 1 heterocycles. The summed E-state index contributed by atoms with van der Waals surface area (Å²) in [6, 6.07) is 22.4. The van der Waals surface area contributed by atoms with E-state index in [1.807, 2.05) is 48.6 Å². The first kappa shape index (κ1) is 15.4. The lowest BCUT2D eigenvalue weighted by Gasteiger charge is -2.03. The highest BCUT2D eigenvalue weighted by Gasteiger charge is 2.22. The van der Waals surface area contributed by atoms with Crippen molar-refractivity contribution in [1.82, 2.24) is 0 Å². The second-order valence-electron chi connectivity index (χ2n) is 6.12. The molecule has 1 aliphatic heterocycles. The molecular weight excluding hydrogens is 308 g/mol. The fraction of sp³-hybridized carbons (Fsp3) is 0.0870. The Labute approximate surface area is 147 Å². The van der Waals surface area contributed by atoms with E-state index in [9.17, 15) is 4.79 Å². The number of cyclic esters (lactones) is 1. The molecule has 0 bridgehead atoms. The van der Waals surface area contributed by atoms with Gasteiger partial charge in [0.1, 0.15) is 5.76 Å². The van der Waals surface area contributed by atoms with Crippen molar-refractivity contribution in [3.05, 3.63) is 95.1 Å². The Morgan fingerprint density at radius 3 is 2.48 bits per heavy atom. The van der Waals surface area contributed by atoms with Crippen LogP contribution in [0, 0.1) is 0 Å². The topological polar surface area (TPSA) is 26.3 Å². The maximum Gasteiger partial charge on any atom is 0.343 e. The molecule has 1 aliphatic rings. The Morgan fingerprint density at radius 1 is 0.920 bits per heavy atom. The summed E-state index contributed by atoms with van der Waals surface area (Å²) in [7, 11) is 0. The standard InChI is InChI=1S/C23H18O2/c1-2-16-10-12-18(13-11-16)22-15-20(23(24)25-22)14-19-8-5-7-17-6-3-4-9-21(17)19/h3-15H,2H2,1H3/b20-14+. The molecule has 3 aromatic carbocycles. The van der Waals surface area contributed by atoms with Gasteiger partial charge >= 0.3 is 5.97 Å². The van der Waals surface area contributed by atoms with E-state index in [1.54, 1.807) is 0 Å². The summed E-state index contributed by atoms with van der Waals surface area (Å²) in [6.07, 6.45) is 4.72. The van der Waals surface area contributed by atoms with E-state index in [0.29, 0.717) is 11.3 Å². The van der Waals surface area contributed by atoms with E-state index < -0.39 is 0 Å². The second-order valence-corrected chi connectivity index (χ2v) is 6.12. The van der Waals surface area contributed by atoms with Gasteiger partial charge in [-0.1, -0.05) is 73.7 Å². The van der Waals surface area contributed by atoms with Gasteiger partial charge in [-0.2, -0.15) is 0 Å². The minimum Gasteiger partial charge on any atom is -0.422 e. The van der Waals surface area contributed by atoms with Crippen LogP contribution in [0.15, 0.2) is 78.4 Å². The minimum absolute atomic E-state index is 0.303. The number of esters is 1. The van der Waals surface area contributed by atoms with Gasteiger partial charge in [0.15, 0.2) is 0 Å². The molecule has 4 rings (SSSR count). The predicted molar refractivity (Wildman–Crippen MR) is 102 cm³/mol. The van der Waals surface area contributed by atoms with Crippen LogP contribution in [0.4, 0.5) is 0 Å². The number of rotatable bonds is 3. The van der Waals surface area contributed by atoms with E-state index in [4.69, 9.17) is 4.74 Å². The number of aryl methyl sites for hydroxylation is 1. The summed E-state index contributed by atoms with van der Waals surface area (Å²) in [6.45, 7) is 2.12. The largest absolute Gasteiger partial charge is 0.422 e. The lowest BCUT2D eigenvalue weighted by Crippen LogP contribution is -1.97. The van der Waals surface area contributed by atoms with Gasteiger partial charge in [0.05, 0.1) is 5.57 Å². The van der Waals surface area contributed by atoms with Crippen LogP contribution in [0.2, 0.25) is 0 Å². The molecule has 0 aliphatic carbocycles. The number of ether oxygens (including phenoxy) is 1. The fourth-order valence-corrected chi connectivity index (χ4v) is 3.08. The first-order valence-electron chi connectivity index (χ1n) is 8.47. The van der Waals surface area contributed by atoms with Gasteiger partial charge in [0.2, 0.25) is 0 Å². The number of fused-ring (bicyclic) bond motifs is 1. The quantitative estimate of drug-likeness (QED) is 0.477. The Bertz CT molecular complexity index is 1000. The summed E-state index contributed by atoms with van der Waals surface area (Å²) in [5.74, 6) is 0.307. The molecule has 2 nitrogen and oxygen atoms in total. The van der Waals surface area contributed by atoms with E-state index >= 15 is 0 Å². The summed E-state index contributed by atoms with van der Waals surface area (Å²) in [4.78, 5) is 12.3. The molecule has 25 heavy (non-hydrogen) atoms. The van der Waals surface area contributed by atoms with E-state index in [-0.39, 0.29) is 5.97 Å². The van der Waals surface area contributed by atoms with Crippen LogP contribution in [0.25, 0.3) is 22.6 Å². The van der Waals surface area contributed by atoms with E-state index in [0.717, 1.165) is 28.3 Å². The summed E-state index contributed by atoms with van der Waals surface area (Å²) in [5.41, 5.74) is 3.78. The van der Waals surface area contributed by atoms with Gasteiger partial charge in [-0.05, 0) is 40.5 Å². The van der Waals surface area contributed by atoms with Crippen LogP contribution < -0.4 is 0 Å². The number of carbonyl (C=O) groups excluding carboxylic acids is 1. The van der Waals surface area contributed by atoms with Crippen LogP contribution in [0.5, 0.6) is 0 Å². The van der Waals surface area contributed by atoms with Crippen LogP contribution in [-0.2, 0) is 16.0 Å². The monoisotopic (exact) mass is 326 g/mol. The predicted octanol–water partition coefficient (Wildman–Crippen LogP) is 5.38. The Kier molecular flexibility index (Phi) is 3.95. The Morgan fingerprint density at radius 2 is 1.68 bits per heavy atom. The number of hydrogen-bond donors (Lipinski definition) is 0. The maximum atomic E-state index is 12.3. The molecule has 122 valence electrons. The summed E-state index contributed by atoms with van der Waals surface area (Å²) < 4.78 is 5.47. The van der Waals surface area contributed by atoms with Crippen LogP contribution >= 0.6 is 0 Å². The van der Waals surface area contributed by atoms with Gasteiger partial charge in [-0.15, -0.1) is 0 Å². The molecule has 0 aromatic heterocycles.